The molecule has 0 spiro atoms. The summed E-state index contributed by atoms with van der Waals surface area (Å²) in [6.45, 7) is 2.49. The molecule has 0 atom stereocenters. The summed E-state index contributed by atoms with van der Waals surface area (Å²) in [6.07, 6.45) is 4.49. The fraction of sp³-hybridized carbons (Fsp3) is 0.727. The summed E-state index contributed by atoms with van der Waals surface area (Å²) in [4.78, 5) is 4.12. The van der Waals surface area contributed by atoms with E-state index >= 15 is 0 Å². The number of aryl methyl sites for hydroxylation is 2. The smallest absolute Gasteiger partial charge is 0.262 e. The predicted molar refractivity (Wildman–Crippen MR) is 68.5 cm³/mol. The van der Waals surface area contributed by atoms with Crippen LogP contribution in [-0.4, -0.2) is 41.4 Å². The number of aromatic nitrogens is 2. The lowest BCUT2D eigenvalue weighted by Crippen LogP contribution is -2.46. The van der Waals surface area contributed by atoms with Crippen molar-refractivity contribution in [3.63, 3.8) is 0 Å². The van der Waals surface area contributed by atoms with Crippen LogP contribution in [0.25, 0.3) is 0 Å². The third-order valence-electron chi connectivity index (χ3n) is 3.49. The Kier molecular flexibility index (Phi) is 3.74. The summed E-state index contributed by atoms with van der Waals surface area (Å²) in [5.74, 6) is 0.690. The van der Waals surface area contributed by atoms with E-state index in [1.165, 1.54) is 4.31 Å². The van der Waals surface area contributed by atoms with Crippen molar-refractivity contribution in [2.45, 2.75) is 37.3 Å². The van der Waals surface area contributed by atoms with Gasteiger partial charge in [-0.3, -0.25) is 0 Å². The van der Waals surface area contributed by atoms with E-state index in [0.717, 1.165) is 19.3 Å². The van der Waals surface area contributed by atoms with Crippen molar-refractivity contribution in [2.75, 3.05) is 13.1 Å². The van der Waals surface area contributed by atoms with Crippen molar-refractivity contribution in [3.8, 4) is 0 Å². The first-order valence-electron chi connectivity index (χ1n) is 6.18. The Morgan fingerprint density at radius 2 is 2.22 bits per heavy atom. The lowest BCUT2D eigenvalue weighted by atomic mass is 9.93. The molecular weight excluding hydrogens is 252 g/mol. The number of rotatable bonds is 5. The minimum Gasteiger partial charge on any atom is -0.337 e. The van der Waals surface area contributed by atoms with E-state index in [-0.39, 0.29) is 11.1 Å². The number of sulfonamides is 1. The average Bonchev–Trinajstić information content (AvgIpc) is 2.57. The minimum atomic E-state index is -3.50. The fourth-order valence-corrected chi connectivity index (χ4v) is 3.80. The summed E-state index contributed by atoms with van der Waals surface area (Å²) in [7, 11) is -1.71. The van der Waals surface area contributed by atoms with E-state index in [4.69, 9.17) is 5.73 Å². The van der Waals surface area contributed by atoms with Gasteiger partial charge in [-0.2, -0.15) is 4.31 Å². The van der Waals surface area contributed by atoms with E-state index < -0.39 is 10.0 Å². The van der Waals surface area contributed by atoms with Crippen LogP contribution in [-0.2, 0) is 17.1 Å². The van der Waals surface area contributed by atoms with Crippen LogP contribution < -0.4 is 5.73 Å². The standard InChI is InChI=1S/C11H20N4O2S/c1-9-13-11(8-14(9)2)18(16,17)15(7-6-12)10-4-3-5-10/h8,10H,3-7,12H2,1-2H3. The van der Waals surface area contributed by atoms with Gasteiger partial charge in [0.05, 0.1) is 0 Å². The Labute approximate surface area is 108 Å². The van der Waals surface area contributed by atoms with E-state index in [2.05, 4.69) is 4.98 Å². The van der Waals surface area contributed by atoms with Gasteiger partial charge in [-0.25, -0.2) is 13.4 Å². The maximum atomic E-state index is 12.5. The molecule has 6 nitrogen and oxygen atoms in total. The Hall–Kier alpha value is -0.920. The predicted octanol–water partition coefficient (Wildman–Crippen LogP) is 0.230. The number of imidazole rings is 1. The highest BCUT2D eigenvalue weighted by Gasteiger charge is 2.35. The molecule has 2 N–H and O–H groups in total. The lowest BCUT2D eigenvalue weighted by molar-refractivity contribution is 0.222. The van der Waals surface area contributed by atoms with Crippen LogP contribution >= 0.6 is 0 Å². The first-order valence-corrected chi connectivity index (χ1v) is 7.62. The van der Waals surface area contributed by atoms with Gasteiger partial charge in [0, 0.05) is 32.4 Å². The summed E-state index contributed by atoms with van der Waals surface area (Å²) in [6, 6.07) is 0.0980. The molecule has 102 valence electrons. The SMILES string of the molecule is Cc1nc(S(=O)(=O)N(CCN)C2CCC2)cn1C. The van der Waals surface area contributed by atoms with Crippen LogP contribution in [0, 0.1) is 6.92 Å². The normalized spacial score (nSPS) is 17.1. The zero-order chi connectivity index (χ0) is 13.3. The second kappa shape index (κ2) is 4.99. The van der Waals surface area contributed by atoms with Crippen molar-refractivity contribution >= 4 is 10.0 Å². The summed E-state index contributed by atoms with van der Waals surface area (Å²) in [5.41, 5.74) is 5.52. The minimum absolute atomic E-state index is 0.0980. The van der Waals surface area contributed by atoms with Crippen LogP contribution in [0.2, 0.25) is 0 Å². The fourth-order valence-electron chi connectivity index (χ4n) is 2.07. The van der Waals surface area contributed by atoms with E-state index in [1.807, 2.05) is 0 Å². The van der Waals surface area contributed by atoms with Crippen molar-refractivity contribution < 1.29 is 8.42 Å². The van der Waals surface area contributed by atoms with Gasteiger partial charge in [-0.05, 0) is 19.8 Å². The molecule has 0 unspecified atom stereocenters. The van der Waals surface area contributed by atoms with Crippen LogP contribution in [0.1, 0.15) is 25.1 Å². The molecule has 1 aromatic rings. The van der Waals surface area contributed by atoms with Crippen LogP contribution in [0.4, 0.5) is 0 Å². The van der Waals surface area contributed by atoms with E-state index in [9.17, 15) is 8.42 Å². The quantitative estimate of drug-likeness (QED) is 0.832. The van der Waals surface area contributed by atoms with E-state index in [1.54, 1.807) is 24.7 Å². The summed E-state index contributed by atoms with van der Waals surface area (Å²) < 4.78 is 28.3. The third kappa shape index (κ3) is 2.30. The first kappa shape index (κ1) is 13.5. The molecule has 0 amide bonds. The Morgan fingerprint density at radius 3 is 2.61 bits per heavy atom. The molecule has 1 aliphatic rings. The third-order valence-corrected chi connectivity index (χ3v) is 5.31. The van der Waals surface area contributed by atoms with Gasteiger partial charge >= 0.3 is 0 Å². The summed E-state index contributed by atoms with van der Waals surface area (Å²) >= 11 is 0. The van der Waals surface area contributed by atoms with Crippen LogP contribution in [0.15, 0.2) is 11.2 Å². The van der Waals surface area contributed by atoms with Crippen molar-refractivity contribution in [3.05, 3.63) is 12.0 Å². The van der Waals surface area contributed by atoms with Gasteiger partial charge in [-0.15, -0.1) is 0 Å². The molecule has 1 fully saturated rings. The van der Waals surface area contributed by atoms with Gasteiger partial charge < -0.3 is 10.3 Å². The largest absolute Gasteiger partial charge is 0.337 e. The molecule has 0 bridgehead atoms. The molecule has 1 aromatic heterocycles. The Balaban J connectivity index is 2.32. The molecule has 0 saturated heterocycles. The van der Waals surface area contributed by atoms with Gasteiger partial charge in [0.2, 0.25) is 0 Å². The molecule has 0 radical (unpaired) electrons. The number of hydrogen-bond donors (Lipinski definition) is 1. The molecule has 0 aromatic carbocycles. The topological polar surface area (TPSA) is 81.2 Å². The van der Waals surface area contributed by atoms with Crippen molar-refractivity contribution in [1.82, 2.24) is 13.9 Å². The second-order valence-electron chi connectivity index (χ2n) is 4.73. The summed E-state index contributed by atoms with van der Waals surface area (Å²) in [5, 5.41) is 0.128. The van der Waals surface area contributed by atoms with E-state index in [0.29, 0.717) is 18.9 Å². The van der Waals surface area contributed by atoms with Gasteiger partial charge in [0.1, 0.15) is 5.82 Å². The highest BCUT2D eigenvalue weighted by molar-refractivity contribution is 7.89. The molecule has 1 aliphatic carbocycles. The maximum Gasteiger partial charge on any atom is 0.262 e. The van der Waals surface area contributed by atoms with Gasteiger partial charge in [0.25, 0.3) is 10.0 Å². The van der Waals surface area contributed by atoms with Crippen molar-refractivity contribution in [2.24, 2.45) is 12.8 Å². The molecule has 7 heteroatoms. The molecule has 1 heterocycles. The average molecular weight is 272 g/mol. The molecule has 1 saturated carbocycles. The second-order valence-corrected chi connectivity index (χ2v) is 6.56. The van der Waals surface area contributed by atoms with Gasteiger partial charge in [-0.1, -0.05) is 6.42 Å². The van der Waals surface area contributed by atoms with Crippen molar-refractivity contribution in [1.29, 1.82) is 0 Å². The molecule has 2 rings (SSSR count). The maximum absolute atomic E-state index is 12.5. The monoisotopic (exact) mass is 272 g/mol. The van der Waals surface area contributed by atoms with Crippen LogP contribution in [0.3, 0.4) is 0 Å². The number of hydrogen-bond acceptors (Lipinski definition) is 4. The Bertz CT molecular complexity index is 500. The number of nitrogens with zero attached hydrogens (tertiary/aromatic N) is 3. The highest BCUT2D eigenvalue weighted by atomic mass is 32.2. The lowest BCUT2D eigenvalue weighted by Gasteiger charge is -2.35. The number of nitrogens with two attached hydrogens (primary N) is 1. The zero-order valence-electron chi connectivity index (χ0n) is 10.8. The highest BCUT2D eigenvalue weighted by Crippen LogP contribution is 2.29. The molecular formula is C11H20N4O2S. The molecule has 0 aliphatic heterocycles. The van der Waals surface area contributed by atoms with Crippen LogP contribution in [0.5, 0.6) is 0 Å². The zero-order valence-corrected chi connectivity index (χ0v) is 11.7. The first-order chi connectivity index (χ1) is 8.46. The molecule has 18 heavy (non-hydrogen) atoms. The Morgan fingerprint density at radius 1 is 1.56 bits per heavy atom. The van der Waals surface area contributed by atoms with Gasteiger partial charge in [0.15, 0.2) is 5.03 Å².